The number of nitrogens with one attached hydrogen (secondary N) is 1. The van der Waals surface area contributed by atoms with Gasteiger partial charge in [0.25, 0.3) is 0 Å². The monoisotopic (exact) mass is 469 g/mol. The Balaban J connectivity index is 1.32. The number of carbonyl (C=O) groups is 1. The summed E-state index contributed by atoms with van der Waals surface area (Å²) in [6, 6.07) is 6.00. The van der Waals surface area contributed by atoms with Gasteiger partial charge in [0.15, 0.2) is 11.5 Å². The standard InChI is InChI=1S/C27H39N3O4/c1-17-7-6-8-22(18(17)2)28-26(31)20-11-13-30(14-12-20)16-23-19(3)34-27(29-23)21-9-10-24(32-4)25(15-21)33-5/h9-10,15,17-18,20,22H,6-8,11-14,16H2,1-5H3,(H,28,31)/t17-,18+,22+/m0/s1. The van der Waals surface area contributed by atoms with Crippen molar-refractivity contribution >= 4 is 5.91 Å². The molecule has 1 aromatic heterocycles. The summed E-state index contributed by atoms with van der Waals surface area (Å²) in [4.78, 5) is 20.1. The van der Waals surface area contributed by atoms with E-state index in [9.17, 15) is 4.79 Å². The SMILES string of the molecule is COc1ccc(-c2nc(CN3CCC(C(=O)N[C@@H]4CCC[C@H](C)[C@H]4C)CC3)c(C)o2)cc1OC. The number of hydrogen-bond donors (Lipinski definition) is 1. The number of hydrogen-bond acceptors (Lipinski definition) is 6. The highest BCUT2D eigenvalue weighted by atomic mass is 16.5. The fraction of sp³-hybridized carbons (Fsp3) is 0.630. The molecule has 34 heavy (non-hydrogen) atoms. The zero-order valence-electron chi connectivity index (χ0n) is 21.2. The number of carbonyl (C=O) groups excluding carboxylic acids is 1. The van der Waals surface area contributed by atoms with Gasteiger partial charge in [0.2, 0.25) is 11.8 Å². The van der Waals surface area contributed by atoms with Gasteiger partial charge < -0.3 is 19.2 Å². The Hall–Kier alpha value is -2.54. The number of oxazole rings is 1. The van der Waals surface area contributed by atoms with Crippen LogP contribution in [0, 0.1) is 24.7 Å². The molecule has 2 heterocycles. The van der Waals surface area contributed by atoms with Gasteiger partial charge in [-0.3, -0.25) is 9.69 Å². The highest BCUT2D eigenvalue weighted by molar-refractivity contribution is 5.79. The Morgan fingerprint density at radius 1 is 1.12 bits per heavy atom. The molecule has 7 heteroatoms. The van der Waals surface area contributed by atoms with Crippen LogP contribution in [-0.4, -0.2) is 49.1 Å². The van der Waals surface area contributed by atoms with Gasteiger partial charge in [-0.2, -0.15) is 0 Å². The molecule has 3 atom stereocenters. The average Bonchev–Trinajstić information content (AvgIpc) is 3.21. The number of piperidine rings is 1. The van der Waals surface area contributed by atoms with Crippen molar-refractivity contribution in [2.24, 2.45) is 17.8 Å². The van der Waals surface area contributed by atoms with Crippen molar-refractivity contribution in [3.63, 3.8) is 0 Å². The summed E-state index contributed by atoms with van der Waals surface area (Å²) < 4.78 is 16.7. The van der Waals surface area contributed by atoms with Gasteiger partial charge >= 0.3 is 0 Å². The molecule has 1 aliphatic heterocycles. The Morgan fingerprint density at radius 2 is 1.85 bits per heavy atom. The predicted molar refractivity (Wildman–Crippen MR) is 132 cm³/mol. The maximum Gasteiger partial charge on any atom is 0.226 e. The Bertz CT molecular complexity index is 980. The largest absolute Gasteiger partial charge is 0.493 e. The molecule has 2 aliphatic rings. The normalized spacial score (nSPS) is 24.1. The summed E-state index contributed by atoms with van der Waals surface area (Å²) in [7, 11) is 3.24. The first-order valence-electron chi connectivity index (χ1n) is 12.6. The van der Waals surface area contributed by atoms with E-state index in [2.05, 4.69) is 24.1 Å². The van der Waals surface area contributed by atoms with Crippen molar-refractivity contribution in [1.29, 1.82) is 0 Å². The topological polar surface area (TPSA) is 76.8 Å². The van der Waals surface area contributed by atoms with Crippen LogP contribution in [0.25, 0.3) is 11.5 Å². The van der Waals surface area contributed by atoms with Crippen LogP contribution >= 0.6 is 0 Å². The second-order valence-corrected chi connectivity index (χ2v) is 10.0. The Labute approximate surface area is 203 Å². The lowest BCUT2D eigenvalue weighted by molar-refractivity contribution is -0.128. The predicted octanol–water partition coefficient (Wildman–Crippen LogP) is 4.82. The van der Waals surface area contributed by atoms with Crippen LogP contribution in [-0.2, 0) is 11.3 Å². The fourth-order valence-corrected chi connectivity index (χ4v) is 5.32. The van der Waals surface area contributed by atoms with Gasteiger partial charge in [0, 0.05) is 24.1 Å². The first kappa shape index (κ1) is 24.6. The second-order valence-electron chi connectivity index (χ2n) is 10.0. The minimum absolute atomic E-state index is 0.112. The number of benzene rings is 1. The van der Waals surface area contributed by atoms with Crippen molar-refractivity contribution < 1.29 is 18.7 Å². The quantitative estimate of drug-likeness (QED) is 0.627. The third-order valence-corrected chi connectivity index (χ3v) is 7.89. The van der Waals surface area contributed by atoms with Gasteiger partial charge in [-0.15, -0.1) is 0 Å². The van der Waals surface area contributed by atoms with Crippen LogP contribution in [0.2, 0.25) is 0 Å². The smallest absolute Gasteiger partial charge is 0.226 e. The summed E-state index contributed by atoms with van der Waals surface area (Å²) >= 11 is 0. The van der Waals surface area contributed by atoms with Crippen LogP contribution in [0.15, 0.2) is 22.6 Å². The second kappa shape index (κ2) is 10.8. The van der Waals surface area contributed by atoms with E-state index in [-0.39, 0.29) is 11.8 Å². The molecule has 1 saturated heterocycles. The van der Waals surface area contributed by atoms with E-state index in [0.29, 0.717) is 35.3 Å². The van der Waals surface area contributed by atoms with E-state index >= 15 is 0 Å². The third kappa shape index (κ3) is 5.40. The van der Waals surface area contributed by atoms with Crippen LogP contribution in [0.1, 0.15) is 57.4 Å². The molecule has 0 spiro atoms. The van der Waals surface area contributed by atoms with Gasteiger partial charge in [-0.25, -0.2) is 4.98 Å². The maximum atomic E-state index is 12.9. The number of amides is 1. The molecule has 4 rings (SSSR count). The molecule has 1 amide bonds. The van der Waals surface area contributed by atoms with E-state index in [4.69, 9.17) is 18.9 Å². The van der Waals surface area contributed by atoms with Crippen LogP contribution < -0.4 is 14.8 Å². The molecule has 0 bridgehead atoms. The van der Waals surface area contributed by atoms with Gasteiger partial charge in [-0.05, 0) is 69.3 Å². The van der Waals surface area contributed by atoms with Crippen LogP contribution in [0.5, 0.6) is 11.5 Å². The van der Waals surface area contributed by atoms with Gasteiger partial charge in [-0.1, -0.05) is 26.7 Å². The number of aromatic nitrogens is 1. The fourth-order valence-electron chi connectivity index (χ4n) is 5.32. The first-order valence-corrected chi connectivity index (χ1v) is 12.6. The molecule has 1 aliphatic carbocycles. The molecule has 2 fully saturated rings. The number of likely N-dealkylation sites (tertiary alicyclic amines) is 1. The molecule has 1 saturated carbocycles. The molecule has 7 nitrogen and oxygen atoms in total. The minimum atomic E-state index is 0.112. The minimum Gasteiger partial charge on any atom is -0.493 e. The molecule has 1 N–H and O–H groups in total. The van der Waals surface area contributed by atoms with Crippen molar-refractivity contribution in [3.8, 4) is 23.0 Å². The molecule has 0 radical (unpaired) electrons. The number of rotatable bonds is 7. The highest BCUT2D eigenvalue weighted by Crippen LogP contribution is 2.33. The Kier molecular flexibility index (Phi) is 7.81. The first-order chi connectivity index (χ1) is 16.4. The number of nitrogens with zero attached hydrogens (tertiary/aromatic N) is 2. The Morgan fingerprint density at radius 3 is 2.56 bits per heavy atom. The van der Waals surface area contributed by atoms with Crippen LogP contribution in [0.4, 0.5) is 0 Å². The van der Waals surface area contributed by atoms with E-state index in [1.807, 2.05) is 25.1 Å². The summed E-state index contributed by atoms with van der Waals surface area (Å²) in [5.74, 6) is 4.34. The van der Waals surface area contributed by atoms with E-state index < -0.39 is 0 Å². The average molecular weight is 470 g/mol. The highest BCUT2D eigenvalue weighted by Gasteiger charge is 2.32. The lowest BCUT2D eigenvalue weighted by atomic mass is 9.78. The van der Waals surface area contributed by atoms with Crippen molar-refractivity contribution in [3.05, 3.63) is 29.7 Å². The summed E-state index contributed by atoms with van der Waals surface area (Å²) in [6.45, 7) is 9.07. The van der Waals surface area contributed by atoms with E-state index in [1.165, 1.54) is 12.8 Å². The number of methoxy groups -OCH3 is 2. The summed E-state index contributed by atoms with van der Waals surface area (Å²) in [5, 5.41) is 3.38. The zero-order valence-corrected chi connectivity index (χ0v) is 21.2. The zero-order chi connectivity index (χ0) is 24.2. The van der Waals surface area contributed by atoms with Gasteiger partial charge in [0.05, 0.1) is 19.9 Å². The van der Waals surface area contributed by atoms with Crippen molar-refractivity contribution in [2.75, 3.05) is 27.3 Å². The summed E-state index contributed by atoms with van der Waals surface area (Å²) in [6.07, 6.45) is 5.39. The third-order valence-electron chi connectivity index (χ3n) is 7.89. The van der Waals surface area contributed by atoms with Crippen molar-refractivity contribution in [1.82, 2.24) is 15.2 Å². The lowest BCUT2D eigenvalue weighted by Crippen LogP contribution is -2.48. The summed E-state index contributed by atoms with van der Waals surface area (Å²) in [5.41, 5.74) is 1.80. The van der Waals surface area contributed by atoms with Crippen molar-refractivity contribution in [2.45, 2.75) is 65.5 Å². The van der Waals surface area contributed by atoms with E-state index in [0.717, 1.165) is 55.9 Å². The molecule has 186 valence electrons. The maximum absolute atomic E-state index is 12.9. The number of aryl methyl sites for hydroxylation is 1. The molecule has 2 aromatic rings. The molecule has 0 unspecified atom stereocenters. The lowest BCUT2D eigenvalue weighted by Gasteiger charge is -2.36. The molecular formula is C27H39N3O4. The van der Waals surface area contributed by atoms with Crippen LogP contribution in [0.3, 0.4) is 0 Å². The molecular weight excluding hydrogens is 430 g/mol. The number of ether oxygens (including phenoxy) is 2. The van der Waals surface area contributed by atoms with E-state index in [1.54, 1.807) is 14.2 Å². The molecule has 1 aromatic carbocycles. The van der Waals surface area contributed by atoms with Gasteiger partial charge in [0.1, 0.15) is 5.76 Å².